The molecule has 1 aromatic heterocycles. The van der Waals surface area contributed by atoms with E-state index in [2.05, 4.69) is 65.7 Å². The molecule has 0 radical (unpaired) electrons. The number of aryl methyl sites for hydroxylation is 2. The first-order chi connectivity index (χ1) is 16.4. The van der Waals surface area contributed by atoms with Gasteiger partial charge in [-0.3, -0.25) is 0 Å². The van der Waals surface area contributed by atoms with E-state index in [4.69, 9.17) is 0 Å². The summed E-state index contributed by atoms with van der Waals surface area (Å²) in [5.41, 5.74) is 1.36. The average molecular weight is 454 g/mol. The molecule has 2 nitrogen and oxygen atoms in total. The van der Waals surface area contributed by atoms with Crippen molar-refractivity contribution in [3.63, 3.8) is 0 Å². The van der Waals surface area contributed by atoms with E-state index in [1.807, 2.05) is 0 Å². The van der Waals surface area contributed by atoms with E-state index in [1.54, 1.807) is 0 Å². The molecule has 1 aromatic carbocycles. The first-order valence-corrected chi connectivity index (χ1v) is 14.5. The predicted molar refractivity (Wildman–Crippen MR) is 145 cm³/mol. The highest BCUT2D eigenvalue weighted by atomic mass is 15.1. The summed E-state index contributed by atoms with van der Waals surface area (Å²) >= 11 is 0. The molecule has 0 fully saturated rings. The van der Waals surface area contributed by atoms with Gasteiger partial charge in [0.25, 0.3) is 5.82 Å². The molecule has 0 N–H and O–H groups in total. The standard InChI is InChI=1S/C31H53N2/c1-3-5-7-9-11-13-15-17-22-26-32-28-29-33(31(32)30-24-20-19-21-25-30)27-23-18-16-14-12-10-8-6-4-2/h19-21,24-25,28-29H,3-18,22-23,26-27H2,1-2H3/q+1. The normalized spacial score (nSPS) is 11.3. The lowest BCUT2D eigenvalue weighted by atomic mass is 10.1. The summed E-state index contributed by atoms with van der Waals surface area (Å²) < 4.78 is 5.01. The van der Waals surface area contributed by atoms with Gasteiger partial charge in [-0.2, -0.15) is 0 Å². The maximum atomic E-state index is 2.50. The molecule has 1 heterocycles. The summed E-state index contributed by atoms with van der Waals surface area (Å²) in [5.74, 6) is 1.40. The minimum Gasteiger partial charge on any atom is -0.230 e. The van der Waals surface area contributed by atoms with Crippen LogP contribution < -0.4 is 4.57 Å². The molecule has 0 bridgehead atoms. The number of unbranched alkanes of at least 4 members (excludes halogenated alkanes) is 16. The molecule has 0 unspecified atom stereocenters. The van der Waals surface area contributed by atoms with Crippen molar-refractivity contribution in [2.45, 2.75) is 143 Å². The lowest BCUT2D eigenvalue weighted by molar-refractivity contribution is -0.686. The first kappa shape index (κ1) is 27.7. The molecule has 0 spiro atoms. The summed E-state index contributed by atoms with van der Waals surface area (Å²) in [5, 5.41) is 0. The Morgan fingerprint density at radius 2 is 1.06 bits per heavy atom. The lowest BCUT2D eigenvalue weighted by Crippen LogP contribution is -2.34. The Kier molecular flexibility index (Phi) is 15.8. The van der Waals surface area contributed by atoms with Crippen molar-refractivity contribution in [3.05, 3.63) is 42.7 Å². The zero-order valence-electron chi connectivity index (χ0n) is 22.1. The van der Waals surface area contributed by atoms with Gasteiger partial charge in [0.2, 0.25) is 0 Å². The van der Waals surface area contributed by atoms with Crippen LogP contribution in [0.1, 0.15) is 129 Å². The van der Waals surface area contributed by atoms with E-state index >= 15 is 0 Å². The van der Waals surface area contributed by atoms with Crippen LogP contribution in [-0.4, -0.2) is 4.57 Å². The molecule has 0 atom stereocenters. The molecule has 2 rings (SSSR count). The van der Waals surface area contributed by atoms with Gasteiger partial charge in [0.15, 0.2) is 0 Å². The number of hydrogen-bond acceptors (Lipinski definition) is 0. The van der Waals surface area contributed by atoms with Crippen molar-refractivity contribution in [2.24, 2.45) is 0 Å². The van der Waals surface area contributed by atoms with Crippen molar-refractivity contribution in [1.29, 1.82) is 0 Å². The van der Waals surface area contributed by atoms with E-state index < -0.39 is 0 Å². The summed E-state index contributed by atoms with van der Waals surface area (Å²) in [6.07, 6.45) is 29.7. The summed E-state index contributed by atoms with van der Waals surface area (Å²) in [6, 6.07) is 11.0. The summed E-state index contributed by atoms with van der Waals surface area (Å²) in [4.78, 5) is 0. The van der Waals surface area contributed by atoms with Gasteiger partial charge in [0, 0.05) is 0 Å². The Bertz CT molecular complexity index is 649. The summed E-state index contributed by atoms with van der Waals surface area (Å²) in [6.45, 7) is 6.88. The molecule has 0 aliphatic rings. The third-order valence-corrected chi connectivity index (χ3v) is 7.01. The minimum absolute atomic E-state index is 1.14. The highest BCUT2D eigenvalue weighted by Gasteiger charge is 2.18. The largest absolute Gasteiger partial charge is 0.288 e. The predicted octanol–water partition coefficient (Wildman–Crippen LogP) is 9.50. The van der Waals surface area contributed by atoms with Crippen LogP contribution in [0.15, 0.2) is 42.7 Å². The highest BCUT2D eigenvalue weighted by molar-refractivity contribution is 5.52. The van der Waals surface area contributed by atoms with Crippen LogP contribution in [0.5, 0.6) is 0 Å². The van der Waals surface area contributed by atoms with Crippen molar-refractivity contribution in [2.75, 3.05) is 0 Å². The third-order valence-electron chi connectivity index (χ3n) is 7.01. The van der Waals surface area contributed by atoms with E-state index in [0.717, 1.165) is 13.1 Å². The molecular weight excluding hydrogens is 400 g/mol. The lowest BCUT2D eigenvalue weighted by Gasteiger charge is -2.07. The molecule has 0 amide bonds. The zero-order chi connectivity index (χ0) is 23.4. The van der Waals surface area contributed by atoms with Gasteiger partial charge in [0.1, 0.15) is 12.4 Å². The van der Waals surface area contributed by atoms with Gasteiger partial charge < -0.3 is 0 Å². The number of aromatic nitrogens is 2. The summed E-state index contributed by atoms with van der Waals surface area (Å²) in [7, 11) is 0. The van der Waals surface area contributed by atoms with Crippen LogP contribution in [0.2, 0.25) is 0 Å². The molecule has 0 aliphatic heterocycles. The fourth-order valence-electron chi connectivity index (χ4n) is 4.93. The monoisotopic (exact) mass is 453 g/mol. The molecule has 2 heteroatoms. The Labute approximate surface area is 205 Å². The minimum atomic E-state index is 1.14. The van der Waals surface area contributed by atoms with Gasteiger partial charge in [-0.05, 0) is 37.8 Å². The van der Waals surface area contributed by atoms with E-state index in [0.29, 0.717) is 0 Å². The van der Waals surface area contributed by atoms with Gasteiger partial charge in [0.05, 0.1) is 18.7 Å². The van der Waals surface area contributed by atoms with Crippen LogP contribution in [0.3, 0.4) is 0 Å². The van der Waals surface area contributed by atoms with Crippen LogP contribution >= 0.6 is 0 Å². The highest BCUT2D eigenvalue weighted by Crippen LogP contribution is 2.18. The fraction of sp³-hybridized carbons (Fsp3) is 0.710. The van der Waals surface area contributed by atoms with E-state index in [9.17, 15) is 0 Å². The van der Waals surface area contributed by atoms with Gasteiger partial charge in [-0.25, -0.2) is 9.13 Å². The molecule has 186 valence electrons. The number of benzene rings is 1. The molecule has 0 saturated carbocycles. The third kappa shape index (κ3) is 11.9. The average Bonchev–Trinajstić information content (AvgIpc) is 3.25. The van der Waals surface area contributed by atoms with Crippen LogP contribution in [0, 0.1) is 0 Å². The van der Waals surface area contributed by atoms with Crippen molar-refractivity contribution in [1.82, 2.24) is 4.57 Å². The van der Waals surface area contributed by atoms with Crippen LogP contribution in [-0.2, 0) is 13.1 Å². The maximum absolute atomic E-state index is 2.50. The Balaban J connectivity index is 1.74. The smallest absolute Gasteiger partial charge is 0.230 e. The number of rotatable bonds is 21. The van der Waals surface area contributed by atoms with E-state index in [1.165, 1.54) is 127 Å². The molecule has 33 heavy (non-hydrogen) atoms. The van der Waals surface area contributed by atoms with Gasteiger partial charge >= 0.3 is 0 Å². The second-order valence-corrected chi connectivity index (χ2v) is 10.0. The fourth-order valence-corrected chi connectivity index (χ4v) is 4.93. The number of hydrogen-bond donors (Lipinski definition) is 0. The van der Waals surface area contributed by atoms with Gasteiger partial charge in [-0.15, -0.1) is 0 Å². The Morgan fingerprint density at radius 1 is 0.576 bits per heavy atom. The van der Waals surface area contributed by atoms with E-state index in [-0.39, 0.29) is 0 Å². The van der Waals surface area contributed by atoms with Crippen molar-refractivity contribution >= 4 is 0 Å². The maximum Gasteiger partial charge on any atom is 0.288 e. The van der Waals surface area contributed by atoms with Crippen molar-refractivity contribution in [3.8, 4) is 11.4 Å². The molecule has 0 saturated heterocycles. The van der Waals surface area contributed by atoms with Gasteiger partial charge in [-0.1, -0.05) is 122 Å². The molecular formula is C31H53N2+. The Morgan fingerprint density at radius 3 is 1.61 bits per heavy atom. The SMILES string of the molecule is CCCCCCCCCCCn1cc[n+](CCCCCCCCCCC)c1-c1ccccc1. The number of nitrogens with zero attached hydrogens (tertiary/aromatic N) is 2. The quantitative estimate of drug-likeness (QED) is 0.131. The number of imidazole rings is 1. The van der Waals surface area contributed by atoms with Crippen LogP contribution in [0.4, 0.5) is 0 Å². The second-order valence-electron chi connectivity index (χ2n) is 10.0. The molecule has 0 aliphatic carbocycles. The Hall–Kier alpha value is -1.57. The second kappa shape index (κ2) is 18.8. The first-order valence-electron chi connectivity index (χ1n) is 14.5. The van der Waals surface area contributed by atoms with Crippen molar-refractivity contribution < 1.29 is 4.57 Å². The molecule has 2 aromatic rings. The zero-order valence-corrected chi connectivity index (χ0v) is 22.1. The van der Waals surface area contributed by atoms with Crippen LogP contribution in [0.25, 0.3) is 11.4 Å². The topological polar surface area (TPSA) is 8.81 Å².